The van der Waals surface area contributed by atoms with Gasteiger partial charge in [0.2, 0.25) is 11.8 Å². The first-order valence-electron chi connectivity index (χ1n) is 10.4. The van der Waals surface area contributed by atoms with Crippen molar-refractivity contribution in [1.29, 1.82) is 0 Å². The number of nitrogens with one attached hydrogen (secondary N) is 1. The van der Waals surface area contributed by atoms with Gasteiger partial charge < -0.3 is 14.8 Å². The van der Waals surface area contributed by atoms with Crippen LogP contribution in [0.2, 0.25) is 5.02 Å². The minimum atomic E-state index is -4.53. The second-order valence-electron chi connectivity index (χ2n) is 7.76. The average molecular weight is 496 g/mol. The van der Waals surface area contributed by atoms with Crippen molar-refractivity contribution >= 4 is 51.8 Å². The summed E-state index contributed by atoms with van der Waals surface area (Å²) in [6.45, 7) is 1.77. The zero-order chi connectivity index (χ0) is 23.6. The quantitative estimate of drug-likeness (QED) is 0.448. The van der Waals surface area contributed by atoms with E-state index in [4.69, 9.17) is 11.6 Å². The Morgan fingerprint density at radius 1 is 1.09 bits per heavy atom. The van der Waals surface area contributed by atoms with Crippen molar-refractivity contribution in [2.45, 2.75) is 30.5 Å². The summed E-state index contributed by atoms with van der Waals surface area (Å²) >= 11 is 7.21. The molecule has 33 heavy (non-hydrogen) atoms. The second-order valence-corrected chi connectivity index (χ2v) is 9.18. The number of hydrogen-bond acceptors (Lipinski definition) is 3. The van der Waals surface area contributed by atoms with Gasteiger partial charge in [0, 0.05) is 35.1 Å². The number of fused-ring (bicyclic) bond motifs is 1. The largest absolute Gasteiger partial charge is 0.416 e. The number of thioether (sulfide) groups is 1. The fourth-order valence-corrected chi connectivity index (χ4v) is 4.85. The van der Waals surface area contributed by atoms with Crippen LogP contribution in [-0.2, 0) is 22.3 Å². The number of carbonyl (C=O) groups is 2. The van der Waals surface area contributed by atoms with E-state index in [0.29, 0.717) is 0 Å². The van der Waals surface area contributed by atoms with Gasteiger partial charge in [-0.3, -0.25) is 9.59 Å². The van der Waals surface area contributed by atoms with Crippen molar-refractivity contribution < 1.29 is 22.8 Å². The van der Waals surface area contributed by atoms with E-state index >= 15 is 0 Å². The van der Waals surface area contributed by atoms with Crippen molar-refractivity contribution in [3.63, 3.8) is 0 Å². The minimum absolute atomic E-state index is 0.0263. The molecule has 1 aliphatic heterocycles. The van der Waals surface area contributed by atoms with Gasteiger partial charge in [0.05, 0.1) is 22.0 Å². The van der Waals surface area contributed by atoms with E-state index in [9.17, 15) is 22.8 Å². The highest BCUT2D eigenvalue weighted by atomic mass is 35.5. The van der Waals surface area contributed by atoms with Crippen molar-refractivity contribution in [3.05, 3.63) is 59.2 Å². The summed E-state index contributed by atoms with van der Waals surface area (Å²) in [4.78, 5) is 27.7. The second kappa shape index (κ2) is 9.69. The maximum atomic E-state index is 13.0. The number of alkyl halides is 3. The van der Waals surface area contributed by atoms with Crippen LogP contribution in [-0.4, -0.2) is 40.1 Å². The van der Waals surface area contributed by atoms with Gasteiger partial charge in [-0.05, 0) is 37.1 Å². The molecule has 1 fully saturated rings. The molecule has 174 valence electrons. The number of benzene rings is 2. The topological polar surface area (TPSA) is 54.3 Å². The monoisotopic (exact) mass is 495 g/mol. The summed E-state index contributed by atoms with van der Waals surface area (Å²) in [7, 11) is 0. The van der Waals surface area contributed by atoms with E-state index in [0.717, 1.165) is 59.9 Å². The lowest BCUT2D eigenvalue weighted by atomic mass is 10.2. The number of nitrogens with zero attached hydrogens (tertiary/aromatic N) is 2. The van der Waals surface area contributed by atoms with E-state index in [1.807, 2.05) is 39.9 Å². The third kappa shape index (κ3) is 5.47. The van der Waals surface area contributed by atoms with Gasteiger partial charge in [0.15, 0.2) is 0 Å². The number of anilines is 1. The maximum Gasteiger partial charge on any atom is 0.416 e. The molecule has 10 heteroatoms. The van der Waals surface area contributed by atoms with Gasteiger partial charge in [-0.25, -0.2) is 0 Å². The van der Waals surface area contributed by atoms with Crippen molar-refractivity contribution in [3.8, 4) is 0 Å². The summed E-state index contributed by atoms with van der Waals surface area (Å²) in [5, 5.41) is 3.39. The highest BCUT2D eigenvalue weighted by Gasteiger charge is 2.31. The molecule has 5 nitrogen and oxygen atoms in total. The van der Waals surface area contributed by atoms with Gasteiger partial charge >= 0.3 is 6.18 Å². The summed E-state index contributed by atoms with van der Waals surface area (Å²) in [5.41, 5.74) is -0.0924. The zero-order valence-corrected chi connectivity index (χ0v) is 19.1. The molecule has 0 aliphatic carbocycles. The van der Waals surface area contributed by atoms with Crippen molar-refractivity contribution in [1.82, 2.24) is 9.47 Å². The third-order valence-corrected chi connectivity index (χ3v) is 6.82. The fraction of sp³-hybridized carbons (Fsp3) is 0.304. The molecule has 3 aromatic rings. The summed E-state index contributed by atoms with van der Waals surface area (Å²) < 4.78 is 40.7. The van der Waals surface area contributed by atoms with Crippen LogP contribution < -0.4 is 5.32 Å². The maximum absolute atomic E-state index is 13.0. The van der Waals surface area contributed by atoms with Crippen molar-refractivity contribution in [2.24, 2.45) is 0 Å². The standard InChI is InChI=1S/C23H21ClF3N3O2S/c24-17-8-7-15(23(25,26)27)11-18(17)28-21(31)14-33-20-12-30(19-6-2-1-5-16(19)20)13-22(32)29-9-3-4-10-29/h1-2,5-8,11-12H,3-4,9-10,13-14H2,(H,28,31). The first-order valence-corrected chi connectivity index (χ1v) is 11.7. The molecule has 1 aromatic heterocycles. The van der Waals surface area contributed by atoms with Crippen LogP contribution in [0, 0.1) is 0 Å². The Labute approximate surface area is 197 Å². The molecular formula is C23H21ClF3N3O2S. The highest BCUT2D eigenvalue weighted by Crippen LogP contribution is 2.34. The van der Waals surface area contributed by atoms with E-state index in [1.165, 1.54) is 11.8 Å². The smallest absolute Gasteiger partial charge is 0.341 e. The highest BCUT2D eigenvalue weighted by molar-refractivity contribution is 8.00. The number of para-hydroxylation sites is 1. The molecule has 1 saturated heterocycles. The number of rotatable bonds is 6. The van der Waals surface area contributed by atoms with Crippen LogP contribution >= 0.6 is 23.4 Å². The molecule has 4 rings (SSSR count). The van der Waals surface area contributed by atoms with Crippen LogP contribution in [0.5, 0.6) is 0 Å². The number of halogens is 4. The third-order valence-electron chi connectivity index (χ3n) is 5.44. The molecule has 0 spiro atoms. The predicted molar refractivity (Wildman–Crippen MR) is 124 cm³/mol. The van der Waals surface area contributed by atoms with E-state index in [1.54, 1.807) is 0 Å². The summed E-state index contributed by atoms with van der Waals surface area (Å²) in [6, 6.07) is 10.4. The number of likely N-dealkylation sites (tertiary alicyclic amines) is 1. The molecule has 1 aliphatic rings. The molecule has 0 saturated carbocycles. The van der Waals surface area contributed by atoms with Crippen LogP contribution in [0.1, 0.15) is 18.4 Å². The number of carbonyl (C=O) groups excluding carboxylic acids is 2. The minimum Gasteiger partial charge on any atom is -0.341 e. The molecule has 2 aromatic carbocycles. The Bertz CT molecular complexity index is 1190. The first-order chi connectivity index (χ1) is 15.7. The van der Waals surface area contributed by atoms with Crippen molar-refractivity contribution in [2.75, 3.05) is 24.2 Å². The van der Waals surface area contributed by atoms with Gasteiger partial charge in [0.25, 0.3) is 0 Å². The Morgan fingerprint density at radius 3 is 2.55 bits per heavy atom. The van der Waals surface area contributed by atoms with Crippen LogP contribution in [0.15, 0.2) is 53.6 Å². The molecule has 0 unspecified atom stereocenters. The van der Waals surface area contributed by atoms with E-state index in [-0.39, 0.29) is 28.9 Å². The summed E-state index contributed by atoms with van der Waals surface area (Å²) in [6.07, 6.45) is -0.657. The lowest BCUT2D eigenvalue weighted by Crippen LogP contribution is -2.30. The molecule has 1 N–H and O–H groups in total. The Morgan fingerprint density at radius 2 is 1.82 bits per heavy atom. The molecule has 0 radical (unpaired) electrons. The first kappa shape index (κ1) is 23.5. The molecule has 2 heterocycles. The van der Waals surface area contributed by atoms with Crippen LogP contribution in [0.25, 0.3) is 10.9 Å². The molecule has 0 atom stereocenters. The number of aromatic nitrogens is 1. The number of hydrogen-bond donors (Lipinski definition) is 1. The summed E-state index contributed by atoms with van der Waals surface area (Å²) in [5.74, 6) is -0.450. The molecule has 2 amide bonds. The fourth-order valence-electron chi connectivity index (χ4n) is 3.80. The lowest BCUT2D eigenvalue weighted by Gasteiger charge is -2.15. The Balaban J connectivity index is 1.46. The average Bonchev–Trinajstić information content (AvgIpc) is 3.42. The zero-order valence-electron chi connectivity index (χ0n) is 17.5. The predicted octanol–water partition coefficient (Wildman–Crippen LogP) is 5.67. The molecular weight excluding hydrogens is 475 g/mol. The van der Waals surface area contributed by atoms with Crippen LogP contribution in [0.3, 0.4) is 0 Å². The van der Waals surface area contributed by atoms with Gasteiger partial charge in [-0.2, -0.15) is 13.2 Å². The van der Waals surface area contributed by atoms with Crippen LogP contribution in [0.4, 0.5) is 18.9 Å². The normalized spacial score (nSPS) is 14.1. The number of amides is 2. The van der Waals surface area contributed by atoms with Gasteiger partial charge in [-0.1, -0.05) is 29.8 Å². The SMILES string of the molecule is O=C(CSc1cn(CC(=O)N2CCCC2)c2ccccc12)Nc1cc(C(F)(F)F)ccc1Cl. The molecule has 0 bridgehead atoms. The lowest BCUT2D eigenvalue weighted by molar-refractivity contribution is -0.137. The van der Waals surface area contributed by atoms with Gasteiger partial charge in [0.1, 0.15) is 6.54 Å². The van der Waals surface area contributed by atoms with E-state index in [2.05, 4.69) is 5.32 Å². The Hall–Kier alpha value is -2.65. The van der Waals surface area contributed by atoms with E-state index < -0.39 is 17.6 Å². The Kier molecular flexibility index (Phi) is 6.90. The van der Waals surface area contributed by atoms with Gasteiger partial charge in [-0.15, -0.1) is 11.8 Å².